The Balaban J connectivity index is 2.62. The van der Waals surface area contributed by atoms with E-state index in [1.54, 1.807) is 7.11 Å². The van der Waals surface area contributed by atoms with Gasteiger partial charge in [-0.3, -0.25) is 4.79 Å². The predicted molar refractivity (Wildman–Crippen MR) is 58.5 cm³/mol. The normalized spacial score (nSPS) is 9.73. The van der Waals surface area contributed by atoms with Gasteiger partial charge in [0.15, 0.2) is 0 Å². The number of carboxylic acids is 1. The number of hydrogen-bond acceptors (Lipinski definition) is 3. The molecule has 0 aliphatic rings. The van der Waals surface area contributed by atoms with E-state index in [-0.39, 0.29) is 6.42 Å². The van der Waals surface area contributed by atoms with Crippen LogP contribution >= 0.6 is 0 Å². The number of aliphatic carboxylic acids is 1. The van der Waals surface area contributed by atoms with Crippen LogP contribution in [0.1, 0.15) is 12.0 Å². The Labute approximate surface area is 88.9 Å². The van der Waals surface area contributed by atoms with Crippen molar-refractivity contribution in [2.45, 2.75) is 13.3 Å². The van der Waals surface area contributed by atoms with Crippen LogP contribution in [0.4, 0.5) is 5.69 Å². The van der Waals surface area contributed by atoms with Crippen LogP contribution in [-0.2, 0) is 4.79 Å². The van der Waals surface area contributed by atoms with E-state index in [2.05, 4.69) is 5.32 Å². The summed E-state index contributed by atoms with van der Waals surface area (Å²) in [6.07, 6.45) is 0.108. The zero-order valence-electron chi connectivity index (χ0n) is 8.91. The SMILES string of the molecule is COc1ccc(C)c(NCCC(=O)O)c1. The van der Waals surface area contributed by atoms with Gasteiger partial charge in [-0.05, 0) is 18.6 Å². The highest BCUT2D eigenvalue weighted by Crippen LogP contribution is 2.21. The van der Waals surface area contributed by atoms with Gasteiger partial charge in [0.1, 0.15) is 5.75 Å². The van der Waals surface area contributed by atoms with Crippen LogP contribution < -0.4 is 10.1 Å². The first kappa shape index (κ1) is 11.4. The Bertz CT molecular complexity index is 350. The summed E-state index contributed by atoms with van der Waals surface area (Å²) in [6, 6.07) is 5.66. The minimum Gasteiger partial charge on any atom is -0.497 e. The average Bonchev–Trinajstić information content (AvgIpc) is 2.20. The van der Waals surface area contributed by atoms with E-state index >= 15 is 0 Å². The molecule has 0 bridgehead atoms. The fourth-order valence-corrected chi connectivity index (χ4v) is 1.22. The van der Waals surface area contributed by atoms with E-state index in [1.165, 1.54) is 0 Å². The second-order valence-electron chi connectivity index (χ2n) is 3.25. The molecule has 0 unspecified atom stereocenters. The largest absolute Gasteiger partial charge is 0.497 e. The number of nitrogens with one attached hydrogen (secondary N) is 1. The van der Waals surface area contributed by atoms with E-state index in [0.717, 1.165) is 17.0 Å². The fourth-order valence-electron chi connectivity index (χ4n) is 1.22. The maximum Gasteiger partial charge on any atom is 0.305 e. The molecule has 1 aromatic rings. The lowest BCUT2D eigenvalue weighted by Crippen LogP contribution is -2.08. The Morgan fingerprint density at radius 1 is 1.53 bits per heavy atom. The molecule has 15 heavy (non-hydrogen) atoms. The standard InChI is InChI=1S/C11H15NO3/c1-8-3-4-9(15-2)7-10(8)12-6-5-11(13)14/h3-4,7,12H,5-6H2,1-2H3,(H,13,14). The number of ether oxygens (including phenoxy) is 1. The van der Waals surface area contributed by atoms with Gasteiger partial charge < -0.3 is 15.2 Å². The molecular weight excluding hydrogens is 194 g/mol. The van der Waals surface area contributed by atoms with E-state index in [0.29, 0.717) is 6.54 Å². The number of benzene rings is 1. The van der Waals surface area contributed by atoms with Gasteiger partial charge in [0.05, 0.1) is 13.5 Å². The molecule has 82 valence electrons. The van der Waals surface area contributed by atoms with Gasteiger partial charge in [-0.15, -0.1) is 0 Å². The summed E-state index contributed by atoms with van der Waals surface area (Å²) in [6.45, 7) is 2.38. The van der Waals surface area contributed by atoms with Crippen LogP contribution in [0.3, 0.4) is 0 Å². The molecule has 0 heterocycles. The van der Waals surface area contributed by atoms with Gasteiger partial charge in [0, 0.05) is 18.3 Å². The van der Waals surface area contributed by atoms with Crippen LogP contribution in [0.25, 0.3) is 0 Å². The quantitative estimate of drug-likeness (QED) is 0.777. The highest BCUT2D eigenvalue weighted by molar-refractivity contribution is 5.67. The van der Waals surface area contributed by atoms with Crippen LogP contribution in [0.5, 0.6) is 5.75 Å². The van der Waals surface area contributed by atoms with Gasteiger partial charge in [0.2, 0.25) is 0 Å². The first-order chi connectivity index (χ1) is 7.13. The molecule has 0 aliphatic heterocycles. The summed E-state index contributed by atoms with van der Waals surface area (Å²) < 4.78 is 5.08. The van der Waals surface area contributed by atoms with E-state index in [1.807, 2.05) is 25.1 Å². The van der Waals surface area contributed by atoms with Crippen molar-refractivity contribution < 1.29 is 14.6 Å². The highest BCUT2D eigenvalue weighted by atomic mass is 16.5. The molecule has 4 heteroatoms. The van der Waals surface area contributed by atoms with Gasteiger partial charge in [-0.1, -0.05) is 6.07 Å². The van der Waals surface area contributed by atoms with Crippen LogP contribution in [0.15, 0.2) is 18.2 Å². The summed E-state index contributed by atoms with van der Waals surface area (Å²) in [5.74, 6) is -0.0403. The topological polar surface area (TPSA) is 58.6 Å². The van der Waals surface area contributed by atoms with E-state index in [9.17, 15) is 4.79 Å². The maximum absolute atomic E-state index is 10.3. The second-order valence-corrected chi connectivity index (χ2v) is 3.25. The monoisotopic (exact) mass is 209 g/mol. The van der Waals surface area contributed by atoms with Gasteiger partial charge in [-0.2, -0.15) is 0 Å². The van der Waals surface area contributed by atoms with Crippen molar-refractivity contribution in [2.75, 3.05) is 19.0 Å². The van der Waals surface area contributed by atoms with Gasteiger partial charge in [0.25, 0.3) is 0 Å². The smallest absolute Gasteiger partial charge is 0.305 e. The summed E-state index contributed by atoms with van der Waals surface area (Å²) in [5, 5.41) is 11.6. The van der Waals surface area contributed by atoms with Gasteiger partial charge in [-0.25, -0.2) is 0 Å². The van der Waals surface area contributed by atoms with Crippen LogP contribution in [-0.4, -0.2) is 24.7 Å². The molecule has 0 saturated heterocycles. The number of rotatable bonds is 5. The fraction of sp³-hybridized carbons (Fsp3) is 0.364. The summed E-state index contributed by atoms with van der Waals surface area (Å²) in [7, 11) is 1.60. The third kappa shape index (κ3) is 3.50. The average molecular weight is 209 g/mol. The number of anilines is 1. The van der Waals surface area contributed by atoms with Crippen LogP contribution in [0, 0.1) is 6.92 Å². The molecule has 2 N–H and O–H groups in total. The first-order valence-corrected chi connectivity index (χ1v) is 4.74. The Hall–Kier alpha value is -1.71. The molecule has 0 aliphatic carbocycles. The minimum absolute atomic E-state index is 0.108. The third-order valence-electron chi connectivity index (χ3n) is 2.10. The zero-order valence-corrected chi connectivity index (χ0v) is 8.91. The molecule has 1 aromatic carbocycles. The van der Waals surface area contributed by atoms with Gasteiger partial charge >= 0.3 is 5.97 Å². The molecule has 0 aromatic heterocycles. The van der Waals surface area contributed by atoms with Crippen molar-refractivity contribution in [3.8, 4) is 5.75 Å². The number of methoxy groups -OCH3 is 1. The van der Waals surface area contributed by atoms with Crippen molar-refractivity contribution in [1.82, 2.24) is 0 Å². The van der Waals surface area contributed by atoms with Crippen molar-refractivity contribution in [1.29, 1.82) is 0 Å². The lowest BCUT2D eigenvalue weighted by atomic mass is 10.2. The minimum atomic E-state index is -0.803. The van der Waals surface area contributed by atoms with Crippen molar-refractivity contribution in [3.05, 3.63) is 23.8 Å². The third-order valence-corrected chi connectivity index (χ3v) is 2.10. The Morgan fingerprint density at radius 2 is 2.27 bits per heavy atom. The van der Waals surface area contributed by atoms with Crippen molar-refractivity contribution >= 4 is 11.7 Å². The molecule has 0 atom stereocenters. The maximum atomic E-state index is 10.3. The number of carboxylic acid groups (broad SMARTS) is 1. The molecule has 0 saturated carbocycles. The summed E-state index contributed by atoms with van der Waals surface area (Å²) in [4.78, 5) is 10.3. The Morgan fingerprint density at radius 3 is 2.87 bits per heavy atom. The molecule has 0 amide bonds. The molecule has 4 nitrogen and oxygen atoms in total. The molecule has 0 fully saturated rings. The summed E-state index contributed by atoms with van der Waals surface area (Å²) >= 11 is 0. The van der Waals surface area contributed by atoms with Crippen molar-refractivity contribution in [2.24, 2.45) is 0 Å². The van der Waals surface area contributed by atoms with E-state index < -0.39 is 5.97 Å². The zero-order chi connectivity index (χ0) is 11.3. The molecule has 0 radical (unpaired) electrons. The number of aryl methyl sites for hydroxylation is 1. The molecule has 0 spiro atoms. The van der Waals surface area contributed by atoms with Crippen LogP contribution in [0.2, 0.25) is 0 Å². The predicted octanol–water partition coefficient (Wildman–Crippen LogP) is 1.89. The molecule has 1 rings (SSSR count). The lowest BCUT2D eigenvalue weighted by Gasteiger charge is -2.10. The van der Waals surface area contributed by atoms with Crippen molar-refractivity contribution in [3.63, 3.8) is 0 Å². The van der Waals surface area contributed by atoms with E-state index in [4.69, 9.17) is 9.84 Å². The highest BCUT2D eigenvalue weighted by Gasteiger charge is 2.01. The number of carbonyl (C=O) groups is 1. The second kappa shape index (κ2) is 5.24. The molecular formula is C11H15NO3. The Kier molecular flexibility index (Phi) is 3.97. The first-order valence-electron chi connectivity index (χ1n) is 4.74. The lowest BCUT2D eigenvalue weighted by molar-refractivity contribution is -0.136. The number of hydrogen-bond donors (Lipinski definition) is 2. The summed E-state index contributed by atoms with van der Waals surface area (Å²) in [5.41, 5.74) is 1.98.